The predicted molar refractivity (Wildman–Crippen MR) is 83.3 cm³/mol. The monoisotopic (exact) mass is 281 g/mol. The summed E-state index contributed by atoms with van der Waals surface area (Å²) in [6.45, 7) is 5.10. The second-order valence-corrected chi connectivity index (χ2v) is 4.77. The lowest BCUT2D eigenvalue weighted by molar-refractivity contribution is -0.138. The highest BCUT2D eigenvalue weighted by Gasteiger charge is 2.16. The number of rotatable bonds is 6. The van der Waals surface area contributed by atoms with Crippen molar-refractivity contribution in [2.75, 3.05) is 7.11 Å². The molecule has 108 valence electrons. The standard InChI is InChI=1S/C18H19NO2/c1-15(18(20)21-2)19(13-16-9-5-3-6-10-16)14-17-11-7-4-8-12-17/h3-12H,1,13-14H2,2H3. The molecule has 0 aliphatic heterocycles. The number of carbonyl (C=O) groups is 1. The Labute approximate surface area is 125 Å². The maximum atomic E-state index is 11.8. The van der Waals surface area contributed by atoms with Gasteiger partial charge in [-0.25, -0.2) is 4.79 Å². The summed E-state index contributed by atoms with van der Waals surface area (Å²) in [7, 11) is 1.37. The zero-order valence-electron chi connectivity index (χ0n) is 12.2. The van der Waals surface area contributed by atoms with Crippen LogP contribution in [0.2, 0.25) is 0 Å². The fraction of sp³-hybridized carbons (Fsp3) is 0.167. The van der Waals surface area contributed by atoms with Gasteiger partial charge in [-0.1, -0.05) is 67.2 Å². The van der Waals surface area contributed by atoms with Gasteiger partial charge in [-0.05, 0) is 11.1 Å². The van der Waals surface area contributed by atoms with Crippen LogP contribution in [0.1, 0.15) is 11.1 Å². The number of carbonyl (C=O) groups excluding carboxylic acids is 1. The number of benzene rings is 2. The molecule has 3 nitrogen and oxygen atoms in total. The van der Waals surface area contributed by atoms with Gasteiger partial charge in [0.1, 0.15) is 5.70 Å². The van der Waals surface area contributed by atoms with Crippen LogP contribution >= 0.6 is 0 Å². The van der Waals surface area contributed by atoms with E-state index in [-0.39, 0.29) is 0 Å². The SMILES string of the molecule is C=C(C(=O)OC)N(Cc1ccccc1)Cc1ccccc1. The predicted octanol–water partition coefficient (Wildman–Crippen LogP) is 3.38. The molecule has 0 amide bonds. The molecule has 0 saturated carbocycles. The first-order valence-corrected chi connectivity index (χ1v) is 6.80. The first kappa shape index (κ1) is 14.9. The number of methoxy groups -OCH3 is 1. The molecule has 0 bridgehead atoms. The molecule has 0 fully saturated rings. The van der Waals surface area contributed by atoms with Gasteiger partial charge in [0.15, 0.2) is 0 Å². The van der Waals surface area contributed by atoms with Gasteiger partial charge in [0.05, 0.1) is 7.11 Å². The fourth-order valence-electron chi connectivity index (χ4n) is 2.10. The number of nitrogens with zero attached hydrogens (tertiary/aromatic N) is 1. The molecule has 0 aromatic heterocycles. The minimum Gasteiger partial charge on any atom is -0.464 e. The van der Waals surface area contributed by atoms with Crippen molar-refractivity contribution in [3.63, 3.8) is 0 Å². The van der Waals surface area contributed by atoms with E-state index in [0.717, 1.165) is 11.1 Å². The fourth-order valence-corrected chi connectivity index (χ4v) is 2.10. The lowest BCUT2D eigenvalue weighted by Crippen LogP contribution is -2.27. The Bertz CT molecular complexity index is 552. The molecule has 2 rings (SSSR count). The van der Waals surface area contributed by atoms with Crippen molar-refractivity contribution in [1.29, 1.82) is 0 Å². The van der Waals surface area contributed by atoms with Gasteiger partial charge >= 0.3 is 5.97 Å². The highest BCUT2D eigenvalue weighted by Crippen LogP contribution is 2.15. The highest BCUT2D eigenvalue weighted by atomic mass is 16.5. The van der Waals surface area contributed by atoms with Gasteiger partial charge in [-0.3, -0.25) is 0 Å². The molecule has 0 heterocycles. The van der Waals surface area contributed by atoms with Crippen LogP contribution in [-0.4, -0.2) is 18.0 Å². The lowest BCUT2D eigenvalue weighted by atomic mass is 10.1. The minimum absolute atomic E-state index is 0.366. The summed E-state index contributed by atoms with van der Waals surface area (Å²) in [5.74, 6) is -0.401. The molecule has 0 N–H and O–H groups in total. The van der Waals surface area contributed by atoms with Crippen LogP contribution in [0.25, 0.3) is 0 Å². The van der Waals surface area contributed by atoms with Crippen LogP contribution in [0.3, 0.4) is 0 Å². The molecule has 2 aromatic rings. The van der Waals surface area contributed by atoms with Crippen molar-refractivity contribution >= 4 is 5.97 Å². The number of hydrogen-bond donors (Lipinski definition) is 0. The number of esters is 1. The Morgan fingerprint density at radius 1 is 0.952 bits per heavy atom. The molecule has 21 heavy (non-hydrogen) atoms. The molecule has 3 heteroatoms. The van der Waals surface area contributed by atoms with Crippen LogP contribution in [0.15, 0.2) is 72.9 Å². The summed E-state index contributed by atoms with van der Waals surface area (Å²) in [5.41, 5.74) is 2.61. The van der Waals surface area contributed by atoms with Gasteiger partial charge in [-0.2, -0.15) is 0 Å². The van der Waals surface area contributed by atoms with Crippen molar-refractivity contribution < 1.29 is 9.53 Å². The van der Waals surface area contributed by atoms with Crippen molar-refractivity contribution in [2.45, 2.75) is 13.1 Å². The zero-order valence-corrected chi connectivity index (χ0v) is 12.2. The maximum absolute atomic E-state index is 11.8. The smallest absolute Gasteiger partial charge is 0.353 e. The van der Waals surface area contributed by atoms with E-state index in [9.17, 15) is 4.79 Å². The van der Waals surface area contributed by atoms with Crippen LogP contribution in [0.4, 0.5) is 0 Å². The van der Waals surface area contributed by atoms with E-state index in [1.165, 1.54) is 7.11 Å². The topological polar surface area (TPSA) is 29.5 Å². The molecular weight excluding hydrogens is 262 g/mol. The summed E-state index contributed by atoms with van der Waals surface area (Å²) in [6, 6.07) is 20.0. The largest absolute Gasteiger partial charge is 0.464 e. The highest BCUT2D eigenvalue weighted by molar-refractivity contribution is 5.86. The van der Waals surface area contributed by atoms with E-state index >= 15 is 0 Å². The first-order valence-electron chi connectivity index (χ1n) is 6.80. The van der Waals surface area contributed by atoms with E-state index in [0.29, 0.717) is 18.8 Å². The van der Waals surface area contributed by atoms with Crippen molar-refractivity contribution in [1.82, 2.24) is 4.90 Å². The third kappa shape index (κ3) is 4.21. The summed E-state index contributed by atoms with van der Waals surface area (Å²) >= 11 is 0. The average molecular weight is 281 g/mol. The third-order valence-corrected chi connectivity index (χ3v) is 3.24. The molecule has 2 aromatic carbocycles. The Balaban J connectivity index is 2.18. The molecule has 0 unspecified atom stereocenters. The van der Waals surface area contributed by atoms with Crippen molar-refractivity contribution in [3.8, 4) is 0 Å². The summed E-state index contributed by atoms with van der Waals surface area (Å²) in [4.78, 5) is 13.7. The van der Waals surface area contributed by atoms with Gasteiger partial charge in [0, 0.05) is 13.1 Å². The maximum Gasteiger partial charge on any atom is 0.353 e. The minimum atomic E-state index is -0.401. The molecule has 0 radical (unpaired) electrons. The van der Waals surface area contributed by atoms with Crippen LogP contribution in [-0.2, 0) is 22.6 Å². The molecular formula is C18H19NO2. The van der Waals surface area contributed by atoms with E-state index in [1.54, 1.807) is 0 Å². The van der Waals surface area contributed by atoms with E-state index in [4.69, 9.17) is 4.74 Å². The molecule has 0 saturated heterocycles. The van der Waals surface area contributed by atoms with Crippen LogP contribution < -0.4 is 0 Å². The van der Waals surface area contributed by atoms with Gasteiger partial charge in [0.25, 0.3) is 0 Å². The quantitative estimate of drug-likeness (QED) is 0.600. The second kappa shape index (κ2) is 7.29. The zero-order chi connectivity index (χ0) is 15.1. The Hall–Kier alpha value is -2.55. The molecule has 0 aliphatic rings. The van der Waals surface area contributed by atoms with E-state index in [2.05, 4.69) is 6.58 Å². The molecule has 0 spiro atoms. The molecule has 0 atom stereocenters. The summed E-state index contributed by atoms with van der Waals surface area (Å²) in [5, 5.41) is 0. The third-order valence-electron chi connectivity index (χ3n) is 3.24. The number of ether oxygens (including phenoxy) is 1. The summed E-state index contributed by atoms with van der Waals surface area (Å²) < 4.78 is 4.79. The average Bonchev–Trinajstić information content (AvgIpc) is 2.54. The normalized spacial score (nSPS) is 9.95. The van der Waals surface area contributed by atoms with Crippen molar-refractivity contribution in [3.05, 3.63) is 84.1 Å². The van der Waals surface area contributed by atoms with Crippen molar-refractivity contribution in [2.24, 2.45) is 0 Å². The number of hydrogen-bond acceptors (Lipinski definition) is 3. The lowest BCUT2D eigenvalue weighted by Gasteiger charge is -2.25. The van der Waals surface area contributed by atoms with Crippen LogP contribution in [0.5, 0.6) is 0 Å². The van der Waals surface area contributed by atoms with E-state index in [1.807, 2.05) is 65.6 Å². The molecule has 0 aliphatic carbocycles. The van der Waals surface area contributed by atoms with E-state index < -0.39 is 5.97 Å². The Morgan fingerprint density at radius 3 is 1.76 bits per heavy atom. The van der Waals surface area contributed by atoms with Crippen LogP contribution in [0, 0.1) is 0 Å². The Morgan fingerprint density at radius 2 is 1.38 bits per heavy atom. The van der Waals surface area contributed by atoms with Gasteiger partial charge < -0.3 is 9.64 Å². The second-order valence-electron chi connectivity index (χ2n) is 4.77. The Kier molecular flexibility index (Phi) is 5.16. The van der Waals surface area contributed by atoms with Gasteiger partial charge in [0.2, 0.25) is 0 Å². The van der Waals surface area contributed by atoms with Gasteiger partial charge in [-0.15, -0.1) is 0 Å². The first-order chi connectivity index (χ1) is 10.2. The summed E-state index contributed by atoms with van der Waals surface area (Å²) in [6.07, 6.45) is 0.